The van der Waals surface area contributed by atoms with Gasteiger partial charge in [-0.05, 0) is 71.3 Å². The van der Waals surface area contributed by atoms with Crippen molar-refractivity contribution >= 4 is 39.9 Å². The molecule has 1 N–H and O–H groups in total. The largest absolute Gasteiger partial charge is 0.362 e. The number of nitrogens with one attached hydrogen (secondary N) is 1. The Kier molecular flexibility index (Phi) is 4.14. The van der Waals surface area contributed by atoms with Crippen molar-refractivity contribution in [2.24, 2.45) is 0 Å². The normalized spacial score (nSPS) is 13.1. The maximum absolute atomic E-state index is 12.3. The van der Waals surface area contributed by atoms with Gasteiger partial charge in [-0.25, -0.2) is 0 Å². The lowest BCUT2D eigenvalue weighted by Gasteiger charge is -2.19. The standard InChI is InChI=1S/C17H17IN2O/c1-12-10-14(18)6-7-15(12)19-17(21)11-20-9-8-13-4-2-3-5-16(13)20/h2-7,10H,8-9,11H2,1H3,(H,19,21). The molecule has 0 saturated heterocycles. The van der Waals surface area contributed by atoms with Crippen LogP contribution in [0, 0.1) is 10.5 Å². The van der Waals surface area contributed by atoms with E-state index in [1.54, 1.807) is 0 Å². The van der Waals surface area contributed by atoms with E-state index in [4.69, 9.17) is 0 Å². The molecule has 1 heterocycles. The predicted octanol–water partition coefficient (Wildman–Crippen LogP) is 3.60. The Balaban J connectivity index is 1.68. The van der Waals surface area contributed by atoms with Crippen molar-refractivity contribution in [3.8, 4) is 0 Å². The highest BCUT2D eigenvalue weighted by Crippen LogP contribution is 2.27. The van der Waals surface area contributed by atoms with Crippen molar-refractivity contribution in [3.63, 3.8) is 0 Å². The summed E-state index contributed by atoms with van der Waals surface area (Å²) in [5.74, 6) is 0.0380. The molecule has 0 atom stereocenters. The van der Waals surface area contributed by atoms with Crippen LogP contribution < -0.4 is 10.2 Å². The first-order chi connectivity index (χ1) is 10.1. The van der Waals surface area contributed by atoms with Gasteiger partial charge >= 0.3 is 0 Å². The molecular weight excluding hydrogens is 375 g/mol. The van der Waals surface area contributed by atoms with Gasteiger partial charge in [-0.3, -0.25) is 4.79 Å². The van der Waals surface area contributed by atoms with Gasteiger partial charge in [0.2, 0.25) is 5.91 Å². The highest BCUT2D eigenvalue weighted by Gasteiger charge is 2.20. The molecule has 1 aliphatic heterocycles. The molecule has 0 unspecified atom stereocenters. The SMILES string of the molecule is Cc1cc(I)ccc1NC(=O)CN1CCc2ccccc21. The molecule has 3 nitrogen and oxygen atoms in total. The zero-order chi connectivity index (χ0) is 14.8. The molecule has 108 valence electrons. The molecule has 3 rings (SSSR count). The minimum absolute atomic E-state index is 0.0380. The number of benzene rings is 2. The van der Waals surface area contributed by atoms with Gasteiger partial charge in [0.05, 0.1) is 6.54 Å². The fourth-order valence-corrected chi connectivity index (χ4v) is 3.35. The van der Waals surface area contributed by atoms with Crippen molar-refractivity contribution in [1.29, 1.82) is 0 Å². The van der Waals surface area contributed by atoms with Crippen LogP contribution in [0.15, 0.2) is 42.5 Å². The quantitative estimate of drug-likeness (QED) is 0.810. The van der Waals surface area contributed by atoms with Gasteiger partial charge in [0.1, 0.15) is 0 Å². The van der Waals surface area contributed by atoms with Crippen LogP contribution in [-0.4, -0.2) is 19.0 Å². The molecule has 0 bridgehead atoms. The van der Waals surface area contributed by atoms with E-state index in [1.165, 1.54) is 14.8 Å². The number of hydrogen-bond acceptors (Lipinski definition) is 2. The molecule has 0 aromatic heterocycles. The summed E-state index contributed by atoms with van der Waals surface area (Å²) in [6.45, 7) is 3.34. The van der Waals surface area contributed by atoms with Gasteiger partial charge in [-0.2, -0.15) is 0 Å². The van der Waals surface area contributed by atoms with Crippen molar-refractivity contribution < 1.29 is 4.79 Å². The fourth-order valence-electron chi connectivity index (χ4n) is 2.70. The maximum atomic E-state index is 12.3. The Bertz CT molecular complexity index is 684. The number of halogens is 1. The Morgan fingerprint density at radius 3 is 2.90 bits per heavy atom. The lowest BCUT2D eigenvalue weighted by Crippen LogP contribution is -2.32. The van der Waals surface area contributed by atoms with Crippen molar-refractivity contribution in [1.82, 2.24) is 0 Å². The minimum Gasteiger partial charge on any atom is -0.362 e. The first kappa shape index (κ1) is 14.4. The second-order valence-corrected chi connectivity index (χ2v) is 6.55. The number of para-hydroxylation sites is 1. The Morgan fingerprint density at radius 2 is 2.10 bits per heavy atom. The van der Waals surface area contributed by atoms with E-state index in [0.717, 1.165) is 24.2 Å². The molecule has 0 spiro atoms. The minimum atomic E-state index is 0.0380. The molecule has 4 heteroatoms. The van der Waals surface area contributed by atoms with Crippen molar-refractivity contribution in [2.45, 2.75) is 13.3 Å². The molecule has 0 radical (unpaired) electrons. The smallest absolute Gasteiger partial charge is 0.243 e. The average molecular weight is 392 g/mol. The molecular formula is C17H17IN2O. The summed E-state index contributed by atoms with van der Waals surface area (Å²) in [7, 11) is 0. The van der Waals surface area contributed by atoms with E-state index in [-0.39, 0.29) is 5.91 Å². The second-order valence-electron chi connectivity index (χ2n) is 5.31. The van der Waals surface area contributed by atoms with Gasteiger partial charge in [0.15, 0.2) is 0 Å². The molecule has 1 aliphatic rings. The topological polar surface area (TPSA) is 32.3 Å². The highest BCUT2D eigenvalue weighted by atomic mass is 127. The van der Waals surface area contributed by atoms with E-state index < -0.39 is 0 Å². The van der Waals surface area contributed by atoms with Gasteiger partial charge < -0.3 is 10.2 Å². The van der Waals surface area contributed by atoms with Crippen LogP contribution in [0.3, 0.4) is 0 Å². The Labute approximate surface area is 138 Å². The zero-order valence-electron chi connectivity index (χ0n) is 11.9. The molecule has 21 heavy (non-hydrogen) atoms. The number of amides is 1. The molecule has 0 aliphatic carbocycles. The summed E-state index contributed by atoms with van der Waals surface area (Å²) in [4.78, 5) is 14.4. The van der Waals surface area contributed by atoms with E-state index in [1.807, 2.05) is 25.1 Å². The summed E-state index contributed by atoms with van der Waals surface area (Å²) in [6.07, 6.45) is 1.02. The van der Waals surface area contributed by atoms with Crippen molar-refractivity contribution in [2.75, 3.05) is 23.3 Å². The van der Waals surface area contributed by atoms with Crippen LogP contribution >= 0.6 is 22.6 Å². The third kappa shape index (κ3) is 3.20. The summed E-state index contributed by atoms with van der Waals surface area (Å²) >= 11 is 2.28. The van der Waals surface area contributed by atoms with E-state index in [2.05, 4.69) is 57.1 Å². The molecule has 1 amide bonds. The maximum Gasteiger partial charge on any atom is 0.243 e. The average Bonchev–Trinajstić information content (AvgIpc) is 2.85. The van der Waals surface area contributed by atoms with Gasteiger partial charge in [0.25, 0.3) is 0 Å². The predicted molar refractivity (Wildman–Crippen MR) is 94.9 cm³/mol. The van der Waals surface area contributed by atoms with E-state index in [0.29, 0.717) is 6.54 Å². The molecule has 2 aromatic carbocycles. The van der Waals surface area contributed by atoms with Gasteiger partial charge in [-0.15, -0.1) is 0 Å². The number of carbonyl (C=O) groups excluding carboxylic acids is 1. The van der Waals surface area contributed by atoms with Crippen LogP contribution in [-0.2, 0) is 11.2 Å². The van der Waals surface area contributed by atoms with Crippen LogP contribution in [0.5, 0.6) is 0 Å². The fraction of sp³-hybridized carbons (Fsp3) is 0.235. The Morgan fingerprint density at radius 1 is 1.29 bits per heavy atom. The first-order valence-electron chi connectivity index (χ1n) is 7.02. The molecule has 0 fully saturated rings. The number of aryl methyl sites for hydroxylation is 1. The third-order valence-electron chi connectivity index (χ3n) is 3.78. The number of nitrogens with zero attached hydrogens (tertiary/aromatic N) is 1. The summed E-state index contributed by atoms with van der Waals surface area (Å²) < 4.78 is 1.18. The van der Waals surface area contributed by atoms with Crippen LogP contribution in [0.1, 0.15) is 11.1 Å². The van der Waals surface area contributed by atoms with Crippen LogP contribution in [0.4, 0.5) is 11.4 Å². The number of carbonyl (C=O) groups is 1. The van der Waals surface area contributed by atoms with Gasteiger partial charge in [0, 0.05) is 21.5 Å². The summed E-state index contributed by atoms with van der Waals surface area (Å²) in [6, 6.07) is 14.3. The number of hydrogen-bond donors (Lipinski definition) is 1. The summed E-state index contributed by atoms with van der Waals surface area (Å²) in [5, 5.41) is 3.01. The Hall–Kier alpha value is -1.56. The van der Waals surface area contributed by atoms with E-state index >= 15 is 0 Å². The first-order valence-corrected chi connectivity index (χ1v) is 8.10. The molecule has 0 saturated carbocycles. The lowest BCUT2D eigenvalue weighted by molar-refractivity contribution is -0.115. The third-order valence-corrected chi connectivity index (χ3v) is 4.45. The van der Waals surface area contributed by atoms with Crippen molar-refractivity contribution in [3.05, 3.63) is 57.2 Å². The summed E-state index contributed by atoms with van der Waals surface area (Å²) in [5.41, 5.74) is 4.51. The van der Waals surface area contributed by atoms with Gasteiger partial charge in [-0.1, -0.05) is 18.2 Å². The van der Waals surface area contributed by atoms with E-state index in [9.17, 15) is 4.79 Å². The van der Waals surface area contributed by atoms with Crippen LogP contribution in [0.25, 0.3) is 0 Å². The number of fused-ring (bicyclic) bond motifs is 1. The second kappa shape index (κ2) is 6.05. The lowest BCUT2D eigenvalue weighted by atomic mass is 10.2. The van der Waals surface area contributed by atoms with Crippen LogP contribution in [0.2, 0.25) is 0 Å². The number of anilines is 2. The number of rotatable bonds is 3. The monoisotopic (exact) mass is 392 g/mol. The molecule has 2 aromatic rings. The zero-order valence-corrected chi connectivity index (χ0v) is 14.1. The highest BCUT2D eigenvalue weighted by molar-refractivity contribution is 14.1.